The molecule has 0 spiro atoms. The summed E-state index contributed by atoms with van der Waals surface area (Å²) >= 11 is 6.31. The van der Waals surface area contributed by atoms with E-state index in [9.17, 15) is 0 Å². The summed E-state index contributed by atoms with van der Waals surface area (Å²) in [4.78, 5) is 0. The van der Waals surface area contributed by atoms with Gasteiger partial charge >= 0.3 is 0 Å². The van der Waals surface area contributed by atoms with Gasteiger partial charge in [0.2, 0.25) is 0 Å². The van der Waals surface area contributed by atoms with Gasteiger partial charge in [-0.1, -0.05) is 20.8 Å². The van der Waals surface area contributed by atoms with Gasteiger partial charge in [0.15, 0.2) is 0 Å². The van der Waals surface area contributed by atoms with E-state index >= 15 is 0 Å². The van der Waals surface area contributed by atoms with Crippen LogP contribution in [0.1, 0.15) is 59.3 Å². The Morgan fingerprint density at radius 3 is 2.38 bits per heavy atom. The lowest BCUT2D eigenvalue weighted by Crippen LogP contribution is -2.54. The van der Waals surface area contributed by atoms with Crippen LogP contribution in [0, 0.1) is 11.3 Å². The third-order valence-electron chi connectivity index (χ3n) is 4.95. The minimum Gasteiger partial charge on any atom is -0.374 e. The number of alkyl halides is 1. The number of ether oxygens (including phenoxy) is 1. The van der Waals surface area contributed by atoms with E-state index in [1.165, 1.54) is 25.7 Å². The van der Waals surface area contributed by atoms with Gasteiger partial charge in [0.25, 0.3) is 0 Å². The SMILES string of the molecule is CCC1(C)C(Cl)CC1OC1CCC(C)CC1. The highest BCUT2D eigenvalue weighted by Crippen LogP contribution is 2.50. The molecule has 3 unspecified atom stereocenters. The predicted molar refractivity (Wildman–Crippen MR) is 68.9 cm³/mol. The molecule has 2 aliphatic carbocycles. The molecule has 0 aromatic heterocycles. The minimum absolute atomic E-state index is 0.227. The van der Waals surface area contributed by atoms with Crippen molar-refractivity contribution in [3.8, 4) is 0 Å². The molecule has 2 fully saturated rings. The molecule has 2 saturated carbocycles. The number of rotatable bonds is 3. The first-order chi connectivity index (χ1) is 7.56. The van der Waals surface area contributed by atoms with Gasteiger partial charge in [-0.25, -0.2) is 0 Å². The second-order valence-electron chi connectivity index (χ2n) is 6.07. The largest absolute Gasteiger partial charge is 0.374 e. The molecule has 1 nitrogen and oxygen atoms in total. The summed E-state index contributed by atoms with van der Waals surface area (Å²) in [6.45, 7) is 6.86. The Morgan fingerprint density at radius 1 is 1.25 bits per heavy atom. The molecule has 0 bridgehead atoms. The van der Waals surface area contributed by atoms with Crippen LogP contribution >= 0.6 is 11.6 Å². The maximum absolute atomic E-state index is 6.31. The van der Waals surface area contributed by atoms with E-state index in [4.69, 9.17) is 16.3 Å². The first-order valence-corrected chi connectivity index (χ1v) is 7.29. The molecule has 2 aliphatic rings. The highest BCUT2D eigenvalue weighted by atomic mass is 35.5. The minimum atomic E-state index is 0.227. The van der Waals surface area contributed by atoms with E-state index < -0.39 is 0 Å². The zero-order chi connectivity index (χ0) is 11.8. The highest BCUT2D eigenvalue weighted by Gasteiger charge is 2.51. The molecule has 0 aliphatic heterocycles. The molecule has 0 N–H and O–H groups in total. The Hall–Kier alpha value is 0.250. The molecular weight excluding hydrogens is 220 g/mol. The molecule has 0 amide bonds. The van der Waals surface area contributed by atoms with Crippen molar-refractivity contribution in [2.45, 2.75) is 76.9 Å². The van der Waals surface area contributed by atoms with Crippen LogP contribution < -0.4 is 0 Å². The third kappa shape index (κ3) is 2.26. The van der Waals surface area contributed by atoms with Gasteiger partial charge < -0.3 is 4.74 Å². The molecule has 0 aromatic carbocycles. The van der Waals surface area contributed by atoms with Crippen molar-refractivity contribution < 1.29 is 4.74 Å². The first kappa shape index (κ1) is 12.7. The molecule has 16 heavy (non-hydrogen) atoms. The van der Waals surface area contributed by atoms with E-state index in [1.807, 2.05) is 0 Å². The molecule has 0 saturated heterocycles. The van der Waals surface area contributed by atoms with Gasteiger partial charge in [-0.3, -0.25) is 0 Å². The van der Waals surface area contributed by atoms with Crippen molar-refractivity contribution in [1.82, 2.24) is 0 Å². The van der Waals surface area contributed by atoms with Gasteiger partial charge in [0.05, 0.1) is 12.2 Å². The molecule has 3 atom stereocenters. The smallest absolute Gasteiger partial charge is 0.0660 e. The van der Waals surface area contributed by atoms with Crippen LogP contribution in [0.15, 0.2) is 0 Å². The number of halogens is 1. The molecular formula is C14H25ClO. The van der Waals surface area contributed by atoms with E-state index in [-0.39, 0.29) is 5.41 Å². The standard InChI is InChI=1S/C14H25ClO/c1-4-14(3)12(15)9-13(14)16-11-7-5-10(2)6-8-11/h10-13H,4-9H2,1-3H3. The fourth-order valence-corrected chi connectivity index (χ4v) is 3.48. The summed E-state index contributed by atoms with van der Waals surface area (Å²) in [5.74, 6) is 0.902. The first-order valence-electron chi connectivity index (χ1n) is 6.85. The lowest BCUT2D eigenvalue weighted by atomic mass is 9.65. The Bertz CT molecular complexity index is 235. The van der Waals surface area contributed by atoms with Gasteiger partial charge in [0, 0.05) is 10.8 Å². The Kier molecular flexibility index (Phi) is 3.86. The molecule has 2 rings (SSSR count). The second-order valence-corrected chi connectivity index (χ2v) is 6.60. The van der Waals surface area contributed by atoms with Crippen molar-refractivity contribution in [2.24, 2.45) is 11.3 Å². The summed E-state index contributed by atoms with van der Waals surface area (Å²) in [6.07, 6.45) is 8.30. The quantitative estimate of drug-likeness (QED) is 0.670. The third-order valence-corrected chi connectivity index (χ3v) is 5.63. The van der Waals surface area contributed by atoms with Crippen molar-refractivity contribution in [1.29, 1.82) is 0 Å². The fourth-order valence-electron chi connectivity index (χ4n) is 3.03. The van der Waals surface area contributed by atoms with Crippen molar-refractivity contribution >= 4 is 11.6 Å². The monoisotopic (exact) mass is 244 g/mol. The molecule has 2 heteroatoms. The van der Waals surface area contributed by atoms with Crippen molar-refractivity contribution in [2.75, 3.05) is 0 Å². The van der Waals surface area contributed by atoms with Crippen LogP contribution in [0.5, 0.6) is 0 Å². The topological polar surface area (TPSA) is 9.23 Å². The van der Waals surface area contributed by atoms with Crippen molar-refractivity contribution in [3.05, 3.63) is 0 Å². The van der Waals surface area contributed by atoms with E-state index in [2.05, 4.69) is 20.8 Å². The van der Waals surface area contributed by atoms with Gasteiger partial charge in [-0.2, -0.15) is 0 Å². The average Bonchev–Trinajstić information content (AvgIpc) is 2.30. The average molecular weight is 245 g/mol. The predicted octanol–water partition coefficient (Wildman–Crippen LogP) is 4.38. The summed E-state index contributed by atoms with van der Waals surface area (Å²) in [7, 11) is 0. The normalized spacial score (nSPS) is 48.8. The highest BCUT2D eigenvalue weighted by molar-refractivity contribution is 6.21. The van der Waals surface area contributed by atoms with Crippen LogP contribution in [0.25, 0.3) is 0 Å². The summed E-state index contributed by atoms with van der Waals surface area (Å²) < 4.78 is 6.27. The fraction of sp³-hybridized carbons (Fsp3) is 1.00. The number of hydrogen-bond donors (Lipinski definition) is 0. The Balaban J connectivity index is 1.82. The van der Waals surface area contributed by atoms with E-state index in [1.54, 1.807) is 0 Å². The second kappa shape index (κ2) is 4.86. The maximum atomic E-state index is 6.31. The van der Waals surface area contributed by atoms with Crippen LogP contribution in [0.2, 0.25) is 0 Å². The van der Waals surface area contributed by atoms with E-state index in [0.717, 1.165) is 18.8 Å². The van der Waals surface area contributed by atoms with Crippen LogP contribution in [0.4, 0.5) is 0 Å². The Labute approximate surface area is 105 Å². The van der Waals surface area contributed by atoms with Gasteiger partial charge in [-0.15, -0.1) is 11.6 Å². The molecule has 0 radical (unpaired) electrons. The molecule has 0 heterocycles. The summed E-state index contributed by atoms with van der Waals surface area (Å²) in [6, 6.07) is 0. The lowest BCUT2D eigenvalue weighted by molar-refractivity contribution is -0.142. The van der Waals surface area contributed by atoms with E-state index in [0.29, 0.717) is 17.6 Å². The maximum Gasteiger partial charge on any atom is 0.0660 e. The lowest BCUT2D eigenvalue weighted by Gasteiger charge is -2.52. The summed E-state index contributed by atoms with van der Waals surface area (Å²) in [5.41, 5.74) is 0.227. The van der Waals surface area contributed by atoms with Crippen molar-refractivity contribution in [3.63, 3.8) is 0 Å². The van der Waals surface area contributed by atoms with Crippen LogP contribution in [-0.2, 0) is 4.74 Å². The summed E-state index contributed by atoms with van der Waals surface area (Å²) in [5, 5.41) is 0.324. The number of hydrogen-bond acceptors (Lipinski definition) is 1. The zero-order valence-electron chi connectivity index (χ0n) is 10.8. The Morgan fingerprint density at radius 2 is 1.88 bits per heavy atom. The van der Waals surface area contributed by atoms with Crippen LogP contribution in [-0.4, -0.2) is 17.6 Å². The van der Waals surface area contributed by atoms with Crippen LogP contribution in [0.3, 0.4) is 0 Å². The zero-order valence-corrected chi connectivity index (χ0v) is 11.6. The van der Waals surface area contributed by atoms with Gasteiger partial charge in [0.1, 0.15) is 0 Å². The molecule has 0 aromatic rings. The molecule has 94 valence electrons. The van der Waals surface area contributed by atoms with Gasteiger partial charge in [-0.05, 0) is 44.4 Å².